The fourth-order valence-corrected chi connectivity index (χ4v) is 4.44. The Labute approximate surface area is 223 Å². The molecule has 0 unspecified atom stereocenters. The van der Waals surface area contributed by atoms with Crippen molar-refractivity contribution in [2.24, 2.45) is 22.4 Å². The molecular weight excluding hydrogens is 508 g/mol. The second kappa shape index (κ2) is 12.7. The van der Waals surface area contributed by atoms with Gasteiger partial charge in [-0.1, -0.05) is 49.4 Å². The van der Waals surface area contributed by atoms with Gasteiger partial charge in [0.1, 0.15) is 17.8 Å². The van der Waals surface area contributed by atoms with Gasteiger partial charge >= 0.3 is 5.97 Å². The summed E-state index contributed by atoms with van der Waals surface area (Å²) in [5, 5.41) is 24.8. The number of carbonyl (C=O) groups excluding carboxylic acids is 2. The third kappa shape index (κ3) is 8.03. The number of aromatic hydroxyl groups is 1. The lowest BCUT2D eigenvalue weighted by atomic mass is 10.0. The van der Waals surface area contributed by atoms with Crippen molar-refractivity contribution in [1.29, 1.82) is 0 Å². The molecule has 1 heterocycles. The number of aliphatic imine (C=N–C) groups is 1. The van der Waals surface area contributed by atoms with Crippen LogP contribution in [0.15, 0.2) is 59.7 Å². The van der Waals surface area contributed by atoms with E-state index in [1.807, 2.05) is 13.8 Å². The number of hydrogen-bond acceptors (Lipinski definition) is 7. The number of phenols is 1. The molecule has 2 atom stereocenters. The van der Waals surface area contributed by atoms with E-state index < -0.39 is 29.9 Å². The Balaban J connectivity index is 1.69. The predicted octanol–water partition coefficient (Wildman–Crippen LogP) is 2.38. The van der Waals surface area contributed by atoms with Crippen molar-refractivity contribution in [2.45, 2.75) is 38.8 Å². The van der Waals surface area contributed by atoms with E-state index in [1.54, 1.807) is 42.6 Å². The monoisotopic (exact) mass is 538 g/mol. The fourth-order valence-electron chi connectivity index (χ4n) is 3.63. The zero-order valence-corrected chi connectivity index (χ0v) is 21.7. The quantitative estimate of drug-likeness (QED) is 0.158. The lowest BCUT2D eigenvalue weighted by molar-refractivity contribution is -0.142. The molecule has 1 aromatic heterocycles. The molecule has 0 saturated heterocycles. The maximum absolute atomic E-state index is 13.1. The van der Waals surface area contributed by atoms with Gasteiger partial charge in [-0.2, -0.15) is 4.99 Å². The van der Waals surface area contributed by atoms with Crippen LogP contribution in [0.25, 0.3) is 10.4 Å². The van der Waals surface area contributed by atoms with Gasteiger partial charge in [-0.3, -0.25) is 9.59 Å². The summed E-state index contributed by atoms with van der Waals surface area (Å²) in [4.78, 5) is 46.7. The number of amides is 2. The highest BCUT2D eigenvalue weighted by Gasteiger charge is 2.27. The fraction of sp³-hybridized carbons (Fsp3) is 0.269. The standard InChI is InChI=1S/C26H30N6O5S/c1-14(2)11-19(23(35)31-20(24(36)37)12-15-3-9-18(33)10-4-15)30-22(34)17-7-5-16(6-8-17)21-13-29-26(38-21)32-25(27)28/h3-10,13-14,19-20,33H,11-12H2,1-2H3,(H,30,34)(H,31,35)(H,36,37)(H4,27,28,29,32)/t19-,20-/m0/s1. The van der Waals surface area contributed by atoms with Crippen molar-refractivity contribution in [3.05, 3.63) is 65.9 Å². The predicted molar refractivity (Wildman–Crippen MR) is 145 cm³/mol. The molecule has 3 rings (SSSR count). The number of carboxylic acid groups (broad SMARTS) is 1. The molecule has 0 spiro atoms. The third-order valence-corrected chi connectivity index (χ3v) is 6.41. The van der Waals surface area contributed by atoms with E-state index in [0.717, 1.165) is 10.4 Å². The van der Waals surface area contributed by atoms with Crippen molar-refractivity contribution in [3.63, 3.8) is 0 Å². The normalized spacial score (nSPS) is 12.4. The van der Waals surface area contributed by atoms with E-state index in [-0.39, 0.29) is 24.0 Å². The number of benzene rings is 2. The number of guanidine groups is 1. The summed E-state index contributed by atoms with van der Waals surface area (Å²) >= 11 is 1.29. The lowest BCUT2D eigenvalue weighted by Gasteiger charge is -2.23. The average Bonchev–Trinajstić information content (AvgIpc) is 3.32. The van der Waals surface area contributed by atoms with Gasteiger partial charge in [0, 0.05) is 18.2 Å². The van der Waals surface area contributed by atoms with Gasteiger partial charge in [-0.05, 0) is 47.7 Å². The van der Waals surface area contributed by atoms with Gasteiger partial charge in [0.15, 0.2) is 5.96 Å². The number of carbonyl (C=O) groups is 3. The Morgan fingerprint density at radius 3 is 2.24 bits per heavy atom. The zero-order chi connectivity index (χ0) is 27.8. The summed E-state index contributed by atoms with van der Waals surface area (Å²) in [5.41, 5.74) is 12.5. The smallest absolute Gasteiger partial charge is 0.326 e. The summed E-state index contributed by atoms with van der Waals surface area (Å²) in [6.45, 7) is 3.80. The number of phenolic OH excluding ortho intramolecular Hbond substituents is 1. The first-order valence-corrected chi connectivity index (χ1v) is 12.6. The van der Waals surface area contributed by atoms with Crippen LogP contribution in [0.4, 0.5) is 5.13 Å². The molecule has 2 aromatic carbocycles. The summed E-state index contributed by atoms with van der Waals surface area (Å²) < 4.78 is 0. The molecule has 2 amide bonds. The highest BCUT2D eigenvalue weighted by molar-refractivity contribution is 7.18. The molecule has 0 aliphatic rings. The molecule has 8 N–H and O–H groups in total. The van der Waals surface area contributed by atoms with Gasteiger partial charge < -0.3 is 32.3 Å². The number of carboxylic acids is 1. The summed E-state index contributed by atoms with van der Waals surface area (Å²) in [6, 6.07) is 10.7. The van der Waals surface area contributed by atoms with Crippen LogP contribution in [-0.2, 0) is 16.0 Å². The van der Waals surface area contributed by atoms with Crippen molar-refractivity contribution in [3.8, 4) is 16.2 Å². The Bertz CT molecular complexity index is 1300. The number of aromatic nitrogens is 1. The Hall–Kier alpha value is -4.45. The maximum Gasteiger partial charge on any atom is 0.326 e. The number of nitrogens with zero attached hydrogens (tertiary/aromatic N) is 2. The second-order valence-electron chi connectivity index (χ2n) is 9.05. The number of rotatable bonds is 11. The van der Waals surface area contributed by atoms with Crippen molar-refractivity contribution in [1.82, 2.24) is 15.6 Å². The number of aliphatic carboxylic acids is 1. The average molecular weight is 539 g/mol. The van der Waals surface area contributed by atoms with Crippen LogP contribution in [-0.4, -0.2) is 51.0 Å². The largest absolute Gasteiger partial charge is 0.508 e. The van der Waals surface area contributed by atoms with Crippen LogP contribution < -0.4 is 22.1 Å². The molecule has 3 aromatic rings. The maximum atomic E-state index is 13.1. The molecule has 200 valence electrons. The second-order valence-corrected chi connectivity index (χ2v) is 10.1. The number of thiazole rings is 1. The topological polar surface area (TPSA) is 193 Å². The van der Waals surface area contributed by atoms with E-state index in [9.17, 15) is 24.6 Å². The number of nitrogens with two attached hydrogens (primary N) is 2. The zero-order valence-electron chi connectivity index (χ0n) is 20.9. The molecule has 0 bridgehead atoms. The van der Waals surface area contributed by atoms with Crippen LogP contribution in [0.1, 0.15) is 36.2 Å². The van der Waals surface area contributed by atoms with Gasteiger partial charge in [0.2, 0.25) is 11.0 Å². The first-order valence-electron chi connectivity index (χ1n) is 11.8. The van der Waals surface area contributed by atoms with E-state index in [4.69, 9.17) is 11.5 Å². The van der Waals surface area contributed by atoms with Crippen molar-refractivity contribution < 1.29 is 24.6 Å². The molecule has 0 fully saturated rings. The summed E-state index contributed by atoms with van der Waals surface area (Å²) in [7, 11) is 0. The molecular formula is C26H30N6O5S. The molecule has 12 heteroatoms. The van der Waals surface area contributed by atoms with Crippen LogP contribution in [0.3, 0.4) is 0 Å². The van der Waals surface area contributed by atoms with E-state index in [0.29, 0.717) is 22.7 Å². The third-order valence-electron chi connectivity index (χ3n) is 5.47. The Morgan fingerprint density at radius 1 is 1.00 bits per heavy atom. The van der Waals surface area contributed by atoms with E-state index >= 15 is 0 Å². The summed E-state index contributed by atoms with van der Waals surface area (Å²) in [6.07, 6.45) is 1.96. The minimum absolute atomic E-state index is 0.0215. The number of nitrogens with one attached hydrogen (secondary N) is 2. The highest BCUT2D eigenvalue weighted by atomic mass is 32.1. The highest BCUT2D eigenvalue weighted by Crippen LogP contribution is 2.30. The van der Waals surface area contributed by atoms with Gasteiger partial charge in [0.25, 0.3) is 5.91 Å². The van der Waals surface area contributed by atoms with Gasteiger partial charge in [-0.15, -0.1) is 0 Å². The Kier molecular flexibility index (Phi) is 9.39. The minimum Gasteiger partial charge on any atom is -0.508 e. The van der Waals surface area contributed by atoms with Crippen molar-refractivity contribution >= 4 is 40.2 Å². The molecule has 0 aliphatic carbocycles. The van der Waals surface area contributed by atoms with Crippen molar-refractivity contribution in [2.75, 3.05) is 0 Å². The molecule has 0 aliphatic heterocycles. The van der Waals surface area contributed by atoms with Crippen LogP contribution in [0.5, 0.6) is 5.75 Å². The van der Waals surface area contributed by atoms with Gasteiger partial charge in [-0.25, -0.2) is 9.78 Å². The van der Waals surface area contributed by atoms with Crippen LogP contribution in [0.2, 0.25) is 0 Å². The number of hydrogen-bond donors (Lipinski definition) is 6. The SMILES string of the molecule is CC(C)C[C@H](NC(=O)c1ccc(-c2cnc(N=C(N)N)s2)cc1)C(=O)N[C@@H](Cc1ccc(O)cc1)C(=O)O. The molecule has 0 radical (unpaired) electrons. The van der Waals surface area contributed by atoms with E-state index in [1.165, 1.54) is 23.5 Å². The lowest BCUT2D eigenvalue weighted by Crippen LogP contribution is -2.52. The van der Waals surface area contributed by atoms with Gasteiger partial charge in [0.05, 0.1) is 4.88 Å². The molecule has 0 saturated carbocycles. The van der Waals surface area contributed by atoms with Crippen LogP contribution >= 0.6 is 11.3 Å². The van der Waals surface area contributed by atoms with E-state index in [2.05, 4.69) is 20.6 Å². The molecule has 11 nitrogen and oxygen atoms in total. The first kappa shape index (κ1) is 28.1. The minimum atomic E-state index is -1.21. The Morgan fingerprint density at radius 2 is 1.66 bits per heavy atom. The first-order chi connectivity index (χ1) is 18.0. The molecule has 38 heavy (non-hydrogen) atoms. The van der Waals surface area contributed by atoms with Crippen LogP contribution in [0, 0.1) is 5.92 Å². The summed E-state index contributed by atoms with van der Waals surface area (Å²) in [5.74, 6) is -2.24.